The van der Waals surface area contributed by atoms with Crippen LogP contribution in [0.4, 0.5) is 0 Å². The Kier molecular flexibility index (Phi) is 6.32. The molecule has 2 aromatic heterocycles. The summed E-state index contributed by atoms with van der Waals surface area (Å²) in [7, 11) is 1.66. The van der Waals surface area contributed by atoms with Gasteiger partial charge >= 0.3 is 6.01 Å². The molecule has 2 aromatic rings. The summed E-state index contributed by atoms with van der Waals surface area (Å²) in [5.41, 5.74) is 0. The molecule has 8 nitrogen and oxygen atoms in total. The van der Waals surface area contributed by atoms with Crippen molar-refractivity contribution in [2.75, 3.05) is 33.5 Å². The predicted octanol–water partition coefficient (Wildman–Crippen LogP) is 1.14. The predicted molar refractivity (Wildman–Crippen MR) is 74.8 cm³/mol. The molecule has 0 radical (unpaired) electrons. The van der Waals surface area contributed by atoms with Crippen LogP contribution in [0.25, 0.3) is 5.95 Å². The van der Waals surface area contributed by atoms with Gasteiger partial charge in [-0.3, -0.25) is 0 Å². The average molecular weight is 314 g/mol. The highest BCUT2D eigenvalue weighted by atomic mass is 35.5. The lowest BCUT2D eigenvalue weighted by atomic mass is 10.5. The lowest BCUT2D eigenvalue weighted by Gasteiger charge is -2.07. The van der Waals surface area contributed by atoms with Crippen LogP contribution < -0.4 is 4.74 Å². The van der Waals surface area contributed by atoms with Crippen molar-refractivity contribution in [3.05, 3.63) is 23.7 Å². The fraction of sp³-hybridized carbons (Fsp3) is 0.500. The molecule has 0 aromatic carbocycles. The van der Waals surface area contributed by atoms with E-state index in [4.69, 9.17) is 25.8 Å². The van der Waals surface area contributed by atoms with Gasteiger partial charge < -0.3 is 14.2 Å². The van der Waals surface area contributed by atoms with Gasteiger partial charge in [0, 0.05) is 32.7 Å². The van der Waals surface area contributed by atoms with Crippen molar-refractivity contribution in [2.24, 2.45) is 0 Å². The zero-order valence-electron chi connectivity index (χ0n) is 11.6. The molecule has 0 saturated heterocycles. The van der Waals surface area contributed by atoms with Gasteiger partial charge in [-0.15, -0.1) is 0 Å². The van der Waals surface area contributed by atoms with E-state index in [9.17, 15) is 0 Å². The highest BCUT2D eigenvalue weighted by Crippen LogP contribution is 2.10. The maximum absolute atomic E-state index is 5.84. The molecule has 0 atom stereocenters. The van der Waals surface area contributed by atoms with Crippen molar-refractivity contribution in [1.29, 1.82) is 0 Å². The second-order valence-electron chi connectivity index (χ2n) is 3.94. The smallest absolute Gasteiger partial charge is 0.322 e. The molecule has 114 valence electrons. The molecule has 0 saturated carbocycles. The van der Waals surface area contributed by atoms with E-state index < -0.39 is 0 Å². The number of nitrogens with zero attached hydrogens (tertiary/aromatic N) is 5. The monoisotopic (exact) mass is 313 g/mol. The fourth-order valence-electron chi connectivity index (χ4n) is 1.48. The zero-order chi connectivity index (χ0) is 14.9. The molecular weight excluding hydrogens is 298 g/mol. The first kappa shape index (κ1) is 15.6. The summed E-state index contributed by atoms with van der Waals surface area (Å²) < 4.78 is 17.1. The van der Waals surface area contributed by atoms with Crippen LogP contribution in [-0.4, -0.2) is 58.3 Å². The topological polar surface area (TPSA) is 84.2 Å². The lowest BCUT2D eigenvalue weighted by molar-refractivity contribution is 0.0782. The van der Waals surface area contributed by atoms with Crippen LogP contribution in [0.15, 0.2) is 18.5 Å². The first-order valence-electron chi connectivity index (χ1n) is 6.40. The van der Waals surface area contributed by atoms with E-state index in [0.29, 0.717) is 32.4 Å². The number of hydrogen-bond acceptors (Lipinski definition) is 7. The minimum Gasteiger partial charge on any atom is -0.461 e. The number of methoxy groups -OCH3 is 1. The van der Waals surface area contributed by atoms with Crippen LogP contribution in [0, 0.1) is 0 Å². The SMILES string of the molecule is COCCCOCCOc1nc(Cl)nc(-n2cccn2)n1. The molecule has 0 spiro atoms. The van der Waals surface area contributed by atoms with E-state index in [-0.39, 0.29) is 11.3 Å². The number of ether oxygens (including phenoxy) is 3. The normalized spacial score (nSPS) is 10.8. The molecule has 0 aliphatic carbocycles. The Hall–Kier alpha value is -1.77. The second kappa shape index (κ2) is 8.50. The van der Waals surface area contributed by atoms with Gasteiger partial charge in [0.2, 0.25) is 5.28 Å². The summed E-state index contributed by atoms with van der Waals surface area (Å²) >= 11 is 5.84. The molecule has 21 heavy (non-hydrogen) atoms. The minimum atomic E-state index is 0.0477. The fourth-order valence-corrected chi connectivity index (χ4v) is 1.62. The molecule has 0 bridgehead atoms. The molecule has 2 rings (SSSR count). The highest BCUT2D eigenvalue weighted by molar-refractivity contribution is 6.28. The Morgan fingerprint density at radius 1 is 1.14 bits per heavy atom. The van der Waals surface area contributed by atoms with Crippen molar-refractivity contribution >= 4 is 11.6 Å². The quantitative estimate of drug-likeness (QED) is 0.642. The summed E-state index contributed by atoms with van der Waals surface area (Å²) in [5.74, 6) is 0.302. The number of rotatable bonds is 9. The summed E-state index contributed by atoms with van der Waals surface area (Å²) in [6.45, 7) is 2.06. The lowest BCUT2D eigenvalue weighted by Crippen LogP contribution is -2.12. The molecule has 0 N–H and O–H groups in total. The maximum atomic E-state index is 5.84. The average Bonchev–Trinajstić information content (AvgIpc) is 3.00. The molecule has 2 heterocycles. The summed E-state index contributed by atoms with van der Waals surface area (Å²) in [4.78, 5) is 12.0. The number of hydrogen-bond donors (Lipinski definition) is 0. The Balaban J connectivity index is 1.81. The minimum absolute atomic E-state index is 0.0477. The number of aromatic nitrogens is 5. The maximum Gasteiger partial charge on any atom is 0.322 e. The van der Waals surface area contributed by atoms with Gasteiger partial charge in [-0.05, 0) is 24.1 Å². The van der Waals surface area contributed by atoms with E-state index in [1.54, 1.807) is 25.6 Å². The largest absolute Gasteiger partial charge is 0.461 e. The molecule has 0 fully saturated rings. The van der Waals surface area contributed by atoms with Gasteiger partial charge in [-0.2, -0.15) is 20.1 Å². The van der Waals surface area contributed by atoms with Crippen molar-refractivity contribution < 1.29 is 14.2 Å². The molecule has 9 heteroatoms. The van der Waals surface area contributed by atoms with E-state index in [2.05, 4.69) is 20.1 Å². The molecule has 0 aliphatic rings. The van der Waals surface area contributed by atoms with E-state index in [0.717, 1.165) is 6.42 Å². The van der Waals surface area contributed by atoms with Gasteiger partial charge in [0.1, 0.15) is 6.61 Å². The highest BCUT2D eigenvalue weighted by Gasteiger charge is 2.08. The van der Waals surface area contributed by atoms with E-state index in [1.165, 1.54) is 4.68 Å². The van der Waals surface area contributed by atoms with Gasteiger partial charge in [0.25, 0.3) is 5.95 Å². The summed E-state index contributed by atoms with van der Waals surface area (Å²) in [5, 5.41) is 4.07. The van der Waals surface area contributed by atoms with Crippen LogP contribution in [0.3, 0.4) is 0 Å². The van der Waals surface area contributed by atoms with Gasteiger partial charge in [-0.25, -0.2) is 4.68 Å². The third kappa shape index (κ3) is 5.25. The molecule has 0 amide bonds. The second-order valence-corrected chi connectivity index (χ2v) is 4.28. The van der Waals surface area contributed by atoms with Crippen molar-refractivity contribution in [3.8, 4) is 12.0 Å². The van der Waals surface area contributed by atoms with Gasteiger partial charge in [-0.1, -0.05) is 0 Å². The third-order valence-electron chi connectivity index (χ3n) is 2.38. The van der Waals surface area contributed by atoms with E-state index >= 15 is 0 Å². The standard InChI is InChI=1S/C12H16ClN5O3/c1-19-6-3-7-20-8-9-21-12-16-10(13)15-11(17-12)18-5-2-4-14-18/h2,4-5H,3,6-9H2,1H3. The van der Waals surface area contributed by atoms with Crippen LogP contribution in [-0.2, 0) is 9.47 Å². The third-order valence-corrected chi connectivity index (χ3v) is 2.55. The van der Waals surface area contributed by atoms with Crippen LogP contribution in [0.5, 0.6) is 6.01 Å². The number of halogens is 1. The Morgan fingerprint density at radius 3 is 2.81 bits per heavy atom. The Morgan fingerprint density at radius 2 is 2.05 bits per heavy atom. The molecular formula is C12H16ClN5O3. The van der Waals surface area contributed by atoms with E-state index in [1.807, 2.05) is 0 Å². The summed E-state index contributed by atoms with van der Waals surface area (Å²) in [6.07, 6.45) is 4.16. The summed E-state index contributed by atoms with van der Waals surface area (Å²) in [6, 6.07) is 1.90. The Bertz CT molecular complexity index is 538. The first-order valence-corrected chi connectivity index (χ1v) is 6.78. The van der Waals surface area contributed by atoms with Crippen molar-refractivity contribution in [1.82, 2.24) is 24.7 Å². The van der Waals surface area contributed by atoms with Crippen LogP contribution in [0.2, 0.25) is 5.28 Å². The van der Waals surface area contributed by atoms with Gasteiger partial charge in [0.05, 0.1) is 6.61 Å². The molecule has 0 unspecified atom stereocenters. The van der Waals surface area contributed by atoms with Gasteiger partial charge in [0.15, 0.2) is 0 Å². The first-order chi connectivity index (χ1) is 10.3. The van der Waals surface area contributed by atoms with Crippen LogP contribution >= 0.6 is 11.6 Å². The Labute approximate surface area is 127 Å². The zero-order valence-corrected chi connectivity index (χ0v) is 12.4. The van der Waals surface area contributed by atoms with Crippen molar-refractivity contribution in [3.63, 3.8) is 0 Å². The van der Waals surface area contributed by atoms with Crippen LogP contribution in [0.1, 0.15) is 6.42 Å². The molecule has 0 aliphatic heterocycles. The van der Waals surface area contributed by atoms with Crippen molar-refractivity contribution in [2.45, 2.75) is 6.42 Å².